The third-order valence-electron chi connectivity index (χ3n) is 4.72. The van der Waals surface area contributed by atoms with Gasteiger partial charge in [-0.1, -0.05) is 35.5 Å². The van der Waals surface area contributed by atoms with Gasteiger partial charge in [0.05, 0.1) is 18.6 Å². The fourth-order valence-electron chi connectivity index (χ4n) is 2.89. The van der Waals surface area contributed by atoms with Crippen LogP contribution in [-0.4, -0.2) is 33.5 Å². The van der Waals surface area contributed by atoms with Crippen molar-refractivity contribution in [2.75, 3.05) is 18.2 Å². The number of ether oxygens (including phenoxy) is 2. The average Bonchev–Trinajstić information content (AvgIpc) is 3.15. The van der Waals surface area contributed by atoms with Crippen molar-refractivity contribution in [1.29, 1.82) is 0 Å². The van der Waals surface area contributed by atoms with Gasteiger partial charge in [0.15, 0.2) is 11.0 Å². The summed E-state index contributed by atoms with van der Waals surface area (Å²) in [5.41, 5.74) is 2.88. The van der Waals surface area contributed by atoms with Crippen molar-refractivity contribution in [3.05, 3.63) is 71.0 Å². The van der Waals surface area contributed by atoms with Crippen molar-refractivity contribution in [1.82, 2.24) is 14.8 Å². The molecule has 0 saturated heterocycles. The van der Waals surface area contributed by atoms with Crippen LogP contribution in [0.25, 0.3) is 0 Å². The Morgan fingerprint density at radius 2 is 2.03 bits per heavy atom. The molecule has 0 atom stereocenters. The number of hydrogen-bond donors (Lipinski definition) is 1. The predicted octanol–water partition coefficient (Wildman–Crippen LogP) is 5.05. The Morgan fingerprint density at radius 1 is 1.22 bits per heavy atom. The molecule has 7 nitrogen and oxygen atoms in total. The summed E-state index contributed by atoms with van der Waals surface area (Å²) in [6, 6.07) is 11.0. The SMILES string of the molecule is C=CCn1c(COc2ccc(C)c(C)c2)nnc1SCC(=O)Nc1cc(Cl)ccc1OC. The minimum atomic E-state index is -0.211. The van der Waals surface area contributed by atoms with Gasteiger partial charge in [0.25, 0.3) is 0 Å². The smallest absolute Gasteiger partial charge is 0.234 e. The lowest BCUT2D eigenvalue weighted by atomic mass is 10.1. The Morgan fingerprint density at radius 3 is 2.75 bits per heavy atom. The summed E-state index contributed by atoms with van der Waals surface area (Å²) in [6.07, 6.45) is 1.75. The van der Waals surface area contributed by atoms with Crippen LogP contribution < -0.4 is 14.8 Å². The third-order valence-corrected chi connectivity index (χ3v) is 5.92. The maximum absolute atomic E-state index is 12.5. The molecule has 0 unspecified atom stereocenters. The zero-order valence-corrected chi connectivity index (χ0v) is 19.8. The van der Waals surface area contributed by atoms with Crippen molar-refractivity contribution in [3.8, 4) is 11.5 Å². The second kappa shape index (κ2) is 11.1. The van der Waals surface area contributed by atoms with E-state index < -0.39 is 0 Å². The molecule has 168 valence electrons. The first-order valence-electron chi connectivity index (χ1n) is 9.90. The number of carbonyl (C=O) groups is 1. The fourth-order valence-corrected chi connectivity index (χ4v) is 3.83. The Hall–Kier alpha value is -2.97. The normalized spacial score (nSPS) is 10.6. The van der Waals surface area contributed by atoms with Crippen LogP contribution in [0.2, 0.25) is 5.02 Å². The number of thioether (sulfide) groups is 1. The summed E-state index contributed by atoms with van der Waals surface area (Å²) < 4.78 is 13.0. The molecule has 0 saturated carbocycles. The topological polar surface area (TPSA) is 78.3 Å². The van der Waals surface area contributed by atoms with E-state index in [1.165, 1.54) is 24.4 Å². The Balaban J connectivity index is 1.64. The number of amides is 1. The van der Waals surface area contributed by atoms with E-state index in [-0.39, 0.29) is 18.3 Å². The number of halogens is 1. The van der Waals surface area contributed by atoms with Gasteiger partial charge in [-0.05, 0) is 55.3 Å². The van der Waals surface area contributed by atoms with Crippen LogP contribution in [0.3, 0.4) is 0 Å². The summed E-state index contributed by atoms with van der Waals surface area (Å²) in [6.45, 7) is 8.67. The van der Waals surface area contributed by atoms with E-state index in [1.54, 1.807) is 24.3 Å². The predicted molar refractivity (Wildman–Crippen MR) is 128 cm³/mol. The first-order valence-corrected chi connectivity index (χ1v) is 11.3. The third kappa shape index (κ3) is 6.05. The van der Waals surface area contributed by atoms with E-state index >= 15 is 0 Å². The zero-order chi connectivity index (χ0) is 23.1. The number of nitrogens with zero attached hydrogens (tertiary/aromatic N) is 3. The molecule has 2 aromatic carbocycles. The number of rotatable bonds is 10. The highest BCUT2D eigenvalue weighted by Crippen LogP contribution is 2.28. The van der Waals surface area contributed by atoms with Crippen LogP contribution in [-0.2, 0) is 17.9 Å². The van der Waals surface area contributed by atoms with Gasteiger partial charge in [-0.15, -0.1) is 16.8 Å². The number of nitrogens with one attached hydrogen (secondary N) is 1. The van der Waals surface area contributed by atoms with E-state index in [4.69, 9.17) is 21.1 Å². The van der Waals surface area contributed by atoms with Gasteiger partial charge in [0.1, 0.15) is 18.1 Å². The number of allylic oxidation sites excluding steroid dienone is 1. The van der Waals surface area contributed by atoms with Crippen LogP contribution in [0.4, 0.5) is 5.69 Å². The number of carbonyl (C=O) groups excluding carboxylic acids is 1. The minimum absolute atomic E-state index is 0.142. The molecule has 0 aliphatic carbocycles. The lowest BCUT2D eigenvalue weighted by molar-refractivity contribution is -0.113. The summed E-state index contributed by atoms with van der Waals surface area (Å²) in [7, 11) is 1.53. The summed E-state index contributed by atoms with van der Waals surface area (Å²) in [4.78, 5) is 12.5. The van der Waals surface area contributed by atoms with Crippen molar-refractivity contribution in [3.63, 3.8) is 0 Å². The monoisotopic (exact) mass is 472 g/mol. The molecule has 0 fully saturated rings. The first-order chi connectivity index (χ1) is 15.4. The highest BCUT2D eigenvalue weighted by Gasteiger charge is 2.15. The second-order valence-corrected chi connectivity index (χ2v) is 8.39. The van der Waals surface area contributed by atoms with Crippen molar-refractivity contribution in [2.24, 2.45) is 0 Å². The molecule has 0 bridgehead atoms. The summed E-state index contributed by atoms with van der Waals surface area (Å²) in [5.74, 6) is 1.89. The van der Waals surface area contributed by atoms with Gasteiger partial charge in [0.2, 0.25) is 5.91 Å². The first kappa shape index (κ1) is 23.7. The van der Waals surface area contributed by atoms with E-state index in [0.29, 0.717) is 34.0 Å². The van der Waals surface area contributed by atoms with Crippen LogP contribution >= 0.6 is 23.4 Å². The molecule has 3 aromatic rings. The van der Waals surface area contributed by atoms with Crippen molar-refractivity contribution < 1.29 is 14.3 Å². The highest BCUT2D eigenvalue weighted by atomic mass is 35.5. The number of aromatic nitrogens is 3. The minimum Gasteiger partial charge on any atom is -0.495 e. The van der Waals surface area contributed by atoms with E-state index in [9.17, 15) is 4.79 Å². The quantitative estimate of drug-likeness (QED) is 0.328. The van der Waals surface area contributed by atoms with Crippen LogP contribution in [0.1, 0.15) is 17.0 Å². The lowest BCUT2D eigenvalue weighted by Crippen LogP contribution is -2.15. The van der Waals surface area contributed by atoms with Crippen molar-refractivity contribution in [2.45, 2.75) is 32.2 Å². The van der Waals surface area contributed by atoms with Gasteiger partial charge in [-0.25, -0.2) is 0 Å². The number of methoxy groups -OCH3 is 1. The number of benzene rings is 2. The zero-order valence-electron chi connectivity index (χ0n) is 18.2. The molecule has 0 aliphatic rings. The molecule has 9 heteroatoms. The molecule has 1 heterocycles. The number of aryl methyl sites for hydroxylation is 2. The Bertz CT molecular complexity index is 1120. The molecular weight excluding hydrogens is 448 g/mol. The molecule has 0 radical (unpaired) electrons. The van der Waals surface area contributed by atoms with Gasteiger partial charge >= 0.3 is 0 Å². The lowest BCUT2D eigenvalue weighted by Gasteiger charge is -2.11. The van der Waals surface area contributed by atoms with Crippen LogP contribution in [0, 0.1) is 13.8 Å². The average molecular weight is 473 g/mol. The molecule has 3 rings (SSSR count). The standard InChI is InChI=1S/C23H25ClN4O3S/c1-5-10-28-21(13-31-18-8-6-15(2)16(3)11-18)26-27-23(28)32-14-22(29)25-19-12-17(24)7-9-20(19)30-4/h5-9,11-12H,1,10,13-14H2,2-4H3,(H,25,29). The van der Waals surface area contributed by atoms with Gasteiger partial charge in [-0.2, -0.15) is 0 Å². The van der Waals surface area contributed by atoms with Gasteiger partial charge in [-0.3, -0.25) is 9.36 Å². The molecule has 1 N–H and O–H groups in total. The van der Waals surface area contributed by atoms with E-state index in [0.717, 1.165) is 11.3 Å². The largest absolute Gasteiger partial charge is 0.495 e. The van der Waals surface area contributed by atoms with Crippen LogP contribution in [0.5, 0.6) is 11.5 Å². The van der Waals surface area contributed by atoms with E-state index in [1.807, 2.05) is 29.7 Å². The molecule has 0 spiro atoms. The van der Waals surface area contributed by atoms with Crippen molar-refractivity contribution >= 4 is 35.0 Å². The van der Waals surface area contributed by atoms with Gasteiger partial charge < -0.3 is 14.8 Å². The van der Waals surface area contributed by atoms with E-state index in [2.05, 4.69) is 29.0 Å². The Labute approximate surface area is 196 Å². The van der Waals surface area contributed by atoms with Crippen LogP contribution in [0.15, 0.2) is 54.2 Å². The number of anilines is 1. The fraction of sp³-hybridized carbons (Fsp3) is 0.261. The number of hydrogen-bond acceptors (Lipinski definition) is 6. The summed E-state index contributed by atoms with van der Waals surface area (Å²) in [5, 5.41) is 12.4. The maximum atomic E-state index is 12.5. The second-order valence-electron chi connectivity index (χ2n) is 7.01. The van der Waals surface area contributed by atoms with Gasteiger partial charge in [0, 0.05) is 11.6 Å². The molecule has 1 aromatic heterocycles. The summed E-state index contributed by atoms with van der Waals surface area (Å²) >= 11 is 7.30. The molecular formula is C23H25ClN4O3S. The highest BCUT2D eigenvalue weighted by molar-refractivity contribution is 7.99. The molecule has 32 heavy (non-hydrogen) atoms. The maximum Gasteiger partial charge on any atom is 0.234 e. The molecule has 0 aliphatic heterocycles. The molecule has 1 amide bonds. The Kier molecular flexibility index (Phi) is 8.19.